The van der Waals surface area contributed by atoms with Gasteiger partial charge in [0.1, 0.15) is 18.0 Å². The van der Waals surface area contributed by atoms with Crippen LogP contribution in [-0.4, -0.2) is 17.6 Å². The zero-order valence-corrected chi connectivity index (χ0v) is 19.0. The Morgan fingerprint density at radius 2 is 1.94 bits per heavy atom. The second kappa shape index (κ2) is 7.00. The number of fused-ring (bicyclic) bond motifs is 2. The molecule has 2 aliphatic rings. The first-order chi connectivity index (χ1) is 14.6. The first-order valence-corrected chi connectivity index (χ1v) is 10.5. The molecule has 0 bridgehead atoms. The van der Waals surface area contributed by atoms with E-state index in [1.54, 1.807) is 0 Å². The van der Waals surface area contributed by atoms with E-state index in [2.05, 4.69) is 74.1 Å². The van der Waals surface area contributed by atoms with Crippen LogP contribution in [0, 0.1) is 29.6 Å². The van der Waals surface area contributed by atoms with Gasteiger partial charge in [-0.25, -0.2) is 4.98 Å². The van der Waals surface area contributed by atoms with Crippen LogP contribution in [0.5, 0.6) is 0 Å². The molecule has 0 unspecified atom stereocenters. The van der Waals surface area contributed by atoms with Gasteiger partial charge in [0, 0.05) is 23.8 Å². The van der Waals surface area contributed by atoms with Crippen molar-refractivity contribution < 1.29 is 0 Å². The summed E-state index contributed by atoms with van der Waals surface area (Å²) >= 11 is 0. The van der Waals surface area contributed by atoms with E-state index in [4.69, 9.17) is 5.73 Å². The largest absolute Gasteiger partial charge is 0.383 e. The maximum Gasteiger partial charge on any atom is 0.142 e. The van der Waals surface area contributed by atoms with E-state index in [1.807, 2.05) is 13.8 Å². The maximum atomic E-state index is 9.76. The fourth-order valence-corrected chi connectivity index (χ4v) is 5.05. The van der Waals surface area contributed by atoms with Crippen LogP contribution in [0.15, 0.2) is 23.8 Å². The Balaban J connectivity index is 1.90. The minimum atomic E-state index is 0.119. The average Bonchev–Trinajstić information content (AvgIpc) is 2.97. The van der Waals surface area contributed by atoms with Gasteiger partial charge in [0.2, 0.25) is 0 Å². The molecule has 2 N–H and O–H groups in total. The molecule has 1 aliphatic carbocycles. The highest BCUT2D eigenvalue weighted by Gasteiger charge is 2.34. The van der Waals surface area contributed by atoms with Crippen molar-refractivity contribution in [2.45, 2.75) is 52.5 Å². The number of hydrogen-bond acceptors (Lipinski definition) is 5. The molecule has 0 saturated carbocycles. The molecule has 0 saturated heterocycles. The van der Waals surface area contributed by atoms with E-state index in [0.717, 1.165) is 34.3 Å². The third-order valence-corrected chi connectivity index (χ3v) is 6.95. The summed E-state index contributed by atoms with van der Waals surface area (Å²) < 4.78 is 0. The molecule has 0 spiro atoms. The number of hydrogen-bond donors (Lipinski definition) is 1. The molecule has 2 heterocycles. The van der Waals surface area contributed by atoms with E-state index < -0.39 is 0 Å². The maximum absolute atomic E-state index is 9.76. The topological polar surface area (TPSA) is 89.7 Å². The quantitative estimate of drug-likeness (QED) is 0.679. The summed E-state index contributed by atoms with van der Waals surface area (Å²) in [5, 5.41) is 19.3. The number of benzene rings is 1. The molecule has 0 fully saturated rings. The van der Waals surface area contributed by atoms with Crippen LogP contribution >= 0.6 is 0 Å². The van der Waals surface area contributed by atoms with E-state index in [1.165, 1.54) is 11.3 Å². The molecule has 156 valence electrons. The number of nitrogens with two attached hydrogens (primary N) is 1. The molecule has 0 radical (unpaired) electrons. The minimum Gasteiger partial charge on any atom is -0.383 e. The zero-order chi connectivity index (χ0) is 22.7. The van der Waals surface area contributed by atoms with Gasteiger partial charge < -0.3 is 10.6 Å². The van der Waals surface area contributed by atoms with Crippen molar-refractivity contribution in [2.75, 3.05) is 17.7 Å². The van der Waals surface area contributed by atoms with Crippen molar-refractivity contribution in [2.24, 2.45) is 0 Å². The van der Waals surface area contributed by atoms with Gasteiger partial charge in [-0.3, -0.25) is 0 Å². The van der Waals surface area contributed by atoms with E-state index in [9.17, 15) is 10.5 Å². The Bertz CT molecular complexity index is 1260. The lowest BCUT2D eigenvalue weighted by atomic mass is 9.80. The van der Waals surface area contributed by atoms with E-state index in [-0.39, 0.29) is 11.4 Å². The van der Waals surface area contributed by atoms with Gasteiger partial charge in [-0.05, 0) is 86.1 Å². The van der Waals surface area contributed by atoms with Gasteiger partial charge in [0.15, 0.2) is 0 Å². The molecular weight excluding hydrogens is 382 g/mol. The highest BCUT2D eigenvalue weighted by atomic mass is 15.2. The van der Waals surface area contributed by atoms with Gasteiger partial charge in [0.05, 0.1) is 16.8 Å². The predicted molar refractivity (Wildman–Crippen MR) is 126 cm³/mol. The number of aromatic nitrogens is 1. The lowest BCUT2D eigenvalue weighted by Crippen LogP contribution is -2.45. The first kappa shape index (κ1) is 20.7. The Morgan fingerprint density at radius 3 is 2.58 bits per heavy atom. The molecule has 31 heavy (non-hydrogen) atoms. The van der Waals surface area contributed by atoms with E-state index in [0.29, 0.717) is 22.7 Å². The summed E-state index contributed by atoms with van der Waals surface area (Å²) in [6.07, 6.45) is 3.20. The summed E-state index contributed by atoms with van der Waals surface area (Å²) in [7, 11) is 2.16. The number of pyridine rings is 1. The normalized spacial score (nSPS) is 20.3. The van der Waals surface area contributed by atoms with Crippen LogP contribution in [0.3, 0.4) is 0 Å². The lowest BCUT2D eigenvalue weighted by molar-refractivity contribution is 0.395. The predicted octanol–water partition coefficient (Wildman–Crippen LogP) is 5.42. The van der Waals surface area contributed by atoms with Crippen molar-refractivity contribution in [3.05, 3.63) is 57.3 Å². The molecule has 0 amide bonds. The van der Waals surface area contributed by atoms with Gasteiger partial charge in [0.25, 0.3) is 0 Å². The van der Waals surface area contributed by atoms with Crippen molar-refractivity contribution >= 4 is 28.7 Å². The Labute approximate surface area is 184 Å². The smallest absolute Gasteiger partial charge is 0.142 e. The summed E-state index contributed by atoms with van der Waals surface area (Å²) in [6.45, 7) is 10.7. The highest BCUT2D eigenvalue weighted by molar-refractivity contribution is 6.08. The third-order valence-electron chi connectivity index (χ3n) is 6.95. The van der Waals surface area contributed by atoms with Gasteiger partial charge in [-0.2, -0.15) is 10.5 Å². The number of rotatable bonds is 1. The van der Waals surface area contributed by atoms with Crippen molar-refractivity contribution in [1.29, 1.82) is 10.5 Å². The zero-order valence-electron chi connectivity index (χ0n) is 19.0. The number of allylic oxidation sites excluding steroid dienone is 3. The van der Waals surface area contributed by atoms with Crippen LogP contribution < -0.4 is 10.6 Å². The summed E-state index contributed by atoms with van der Waals surface area (Å²) in [4.78, 5) is 6.78. The van der Waals surface area contributed by atoms with Crippen LogP contribution in [0.4, 0.5) is 11.5 Å². The molecule has 1 aromatic carbocycles. The summed E-state index contributed by atoms with van der Waals surface area (Å²) in [6, 6.07) is 11.0. The SMILES string of the molecule is CC1=C(C#N)c2nc(N)c(C#N)c(C)c2/C1=C\c1ccc2c(c1)[C@H](C)CC(C)(C)N2C. The number of anilines is 2. The second-order valence-electron chi connectivity index (χ2n) is 9.30. The Morgan fingerprint density at radius 1 is 1.23 bits per heavy atom. The van der Waals surface area contributed by atoms with E-state index >= 15 is 0 Å². The molecule has 5 nitrogen and oxygen atoms in total. The molecule has 4 rings (SSSR count). The monoisotopic (exact) mass is 409 g/mol. The van der Waals surface area contributed by atoms with Crippen LogP contribution in [0.2, 0.25) is 0 Å². The summed E-state index contributed by atoms with van der Waals surface area (Å²) in [5.74, 6) is 0.629. The minimum absolute atomic E-state index is 0.119. The fourth-order valence-electron chi connectivity index (χ4n) is 5.05. The number of nitriles is 2. The third kappa shape index (κ3) is 3.01. The number of nitrogens with zero attached hydrogens (tertiary/aromatic N) is 4. The van der Waals surface area contributed by atoms with Gasteiger partial charge >= 0.3 is 0 Å². The highest BCUT2D eigenvalue weighted by Crippen LogP contribution is 2.46. The lowest BCUT2D eigenvalue weighted by Gasteiger charge is -2.45. The average molecular weight is 410 g/mol. The standard InChI is InChI=1S/C26H27N5/c1-14-11-26(4,5)31(6)22-8-7-17(9-18(14)22)10-19-15(2)20(12-27)24-23(19)16(3)21(13-28)25(29)30-24/h7-10,14H,11H2,1-6H3,(H2,29,30)/b19-10-/t14-/m1/s1. The molecule has 5 heteroatoms. The van der Waals surface area contributed by atoms with Gasteiger partial charge in [-0.1, -0.05) is 13.0 Å². The Hall–Kier alpha value is -3.57. The van der Waals surface area contributed by atoms with Crippen molar-refractivity contribution in [3.8, 4) is 12.1 Å². The number of nitrogen functional groups attached to an aromatic ring is 1. The van der Waals surface area contributed by atoms with Crippen LogP contribution in [-0.2, 0) is 0 Å². The van der Waals surface area contributed by atoms with Crippen molar-refractivity contribution in [1.82, 2.24) is 4.98 Å². The molecule has 1 aliphatic heterocycles. The molecule has 1 atom stereocenters. The summed E-state index contributed by atoms with van der Waals surface area (Å²) in [5.41, 5.74) is 14.7. The van der Waals surface area contributed by atoms with Crippen LogP contribution in [0.25, 0.3) is 17.2 Å². The second-order valence-corrected chi connectivity index (χ2v) is 9.30. The van der Waals surface area contributed by atoms with Crippen molar-refractivity contribution in [3.63, 3.8) is 0 Å². The first-order valence-electron chi connectivity index (χ1n) is 10.5. The molecule has 2 aromatic rings. The molecule has 1 aromatic heterocycles. The molecular formula is C26H27N5. The van der Waals surface area contributed by atoms with Crippen LogP contribution in [0.1, 0.15) is 73.5 Å². The fraction of sp³-hybridized carbons (Fsp3) is 0.346. The Kier molecular flexibility index (Phi) is 4.67. The van der Waals surface area contributed by atoms with Gasteiger partial charge in [-0.15, -0.1) is 0 Å².